The van der Waals surface area contributed by atoms with E-state index in [1.165, 1.54) is 24.0 Å². The normalized spacial score (nSPS) is 15.1. The fourth-order valence-electron chi connectivity index (χ4n) is 1.67. The first-order valence-corrected chi connectivity index (χ1v) is 6.04. The number of carbonyl (C=O) groups is 1. The highest BCUT2D eigenvalue weighted by Gasteiger charge is 2.20. The van der Waals surface area contributed by atoms with E-state index in [2.05, 4.69) is 36.5 Å². The lowest BCUT2D eigenvalue weighted by Gasteiger charge is -2.03. The van der Waals surface area contributed by atoms with Crippen LogP contribution in [0, 0.1) is 6.92 Å². The summed E-state index contributed by atoms with van der Waals surface area (Å²) in [5.74, 6) is 0.326. The van der Waals surface area contributed by atoms with Crippen molar-refractivity contribution in [2.75, 3.05) is 6.54 Å². The minimum atomic E-state index is 0.326. The van der Waals surface area contributed by atoms with Gasteiger partial charge in [0.25, 0.3) is 0 Å². The van der Waals surface area contributed by atoms with Crippen LogP contribution in [0.15, 0.2) is 24.3 Å². The van der Waals surface area contributed by atoms with Crippen molar-refractivity contribution < 1.29 is 4.79 Å². The number of carbonyl (C=O) groups excluding carboxylic acids is 1. The van der Waals surface area contributed by atoms with Gasteiger partial charge in [-0.3, -0.25) is 4.79 Å². The molecule has 1 aliphatic rings. The average molecular weight is 217 g/mol. The third-order valence-electron chi connectivity index (χ3n) is 2.98. The summed E-state index contributed by atoms with van der Waals surface area (Å²) in [6.45, 7) is 2.63. The molecule has 0 radical (unpaired) electrons. The maximum Gasteiger partial charge on any atom is 0.146 e. The minimum absolute atomic E-state index is 0.326. The van der Waals surface area contributed by atoms with Gasteiger partial charge in [0.05, 0.1) is 6.54 Å². The molecule has 1 aromatic rings. The average Bonchev–Trinajstić information content (AvgIpc) is 3.09. The Labute approximate surface area is 97.1 Å². The number of rotatable bonds is 6. The highest BCUT2D eigenvalue weighted by Crippen LogP contribution is 2.18. The van der Waals surface area contributed by atoms with Crippen LogP contribution in [0.3, 0.4) is 0 Å². The molecule has 0 atom stereocenters. The first-order valence-electron chi connectivity index (χ1n) is 6.04. The van der Waals surface area contributed by atoms with Crippen LogP contribution in [0.25, 0.3) is 0 Å². The Morgan fingerprint density at radius 1 is 1.31 bits per heavy atom. The van der Waals surface area contributed by atoms with Gasteiger partial charge in [-0.1, -0.05) is 29.8 Å². The van der Waals surface area contributed by atoms with Crippen molar-refractivity contribution in [3.05, 3.63) is 35.4 Å². The van der Waals surface area contributed by atoms with Crippen molar-refractivity contribution in [3.63, 3.8) is 0 Å². The molecule has 1 saturated carbocycles. The van der Waals surface area contributed by atoms with Crippen molar-refractivity contribution in [1.29, 1.82) is 0 Å². The van der Waals surface area contributed by atoms with E-state index >= 15 is 0 Å². The van der Waals surface area contributed by atoms with Crippen molar-refractivity contribution >= 4 is 5.78 Å². The van der Waals surface area contributed by atoms with Gasteiger partial charge >= 0.3 is 0 Å². The van der Waals surface area contributed by atoms with E-state index in [-0.39, 0.29) is 0 Å². The smallest absolute Gasteiger partial charge is 0.146 e. The summed E-state index contributed by atoms with van der Waals surface area (Å²) in [6.07, 6.45) is 4.00. The molecule has 1 fully saturated rings. The minimum Gasteiger partial charge on any atom is -0.307 e. The van der Waals surface area contributed by atoms with E-state index in [0.717, 1.165) is 6.42 Å². The van der Waals surface area contributed by atoms with E-state index in [4.69, 9.17) is 0 Å². The zero-order chi connectivity index (χ0) is 11.4. The molecule has 86 valence electrons. The number of nitrogens with one attached hydrogen (secondary N) is 1. The summed E-state index contributed by atoms with van der Waals surface area (Å²) < 4.78 is 0. The molecule has 0 bridgehead atoms. The predicted molar refractivity (Wildman–Crippen MR) is 65.5 cm³/mol. The van der Waals surface area contributed by atoms with Gasteiger partial charge in [-0.15, -0.1) is 0 Å². The largest absolute Gasteiger partial charge is 0.307 e. The Morgan fingerprint density at radius 2 is 2.00 bits per heavy atom. The maximum absolute atomic E-state index is 11.6. The lowest BCUT2D eigenvalue weighted by molar-refractivity contribution is -0.118. The van der Waals surface area contributed by atoms with Gasteiger partial charge in [0, 0.05) is 12.5 Å². The SMILES string of the molecule is Cc1ccc(CCC(=O)CNC2CC2)cc1. The van der Waals surface area contributed by atoms with Crippen LogP contribution in [0.1, 0.15) is 30.4 Å². The quantitative estimate of drug-likeness (QED) is 0.792. The molecule has 0 spiro atoms. The molecule has 2 nitrogen and oxygen atoms in total. The molecular weight excluding hydrogens is 198 g/mol. The van der Waals surface area contributed by atoms with E-state index in [1.807, 2.05) is 0 Å². The summed E-state index contributed by atoms with van der Waals surface area (Å²) in [5.41, 5.74) is 2.52. The Kier molecular flexibility index (Phi) is 3.73. The van der Waals surface area contributed by atoms with E-state index in [9.17, 15) is 4.79 Å². The second-order valence-corrected chi connectivity index (χ2v) is 4.68. The lowest BCUT2D eigenvalue weighted by Crippen LogP contribution is -2.24. The molecule has 16 heavy (non-hydrogen) atoms. The fourth-order valence-corrected chi connectivity index (χ4v) is 1.67. The van der Waals surface area contributed by atoms with Gasteiger partial charge in [-0.2, -0.15) is 0 Å². The predicted octanol–water partition coefficient (Wildman–Crippen LogP) is 2.25. The van der Waals surface area contributed by atoms with Crippen LogP contribution in [0.5, 0.6) is 0 Å². The molecule has 0 aliphatic heterocycles. The Morgan fingerprint density at radius 3 is 2.62 bits per heavy atom. The molecule has 2 rings (SSSR count). The number of benzene rings is 1. The highest BCUT2D eigenvalue weighted by atomic mass is 16.1. The molecule has 0 unspecified atom stereocenters. The van der Waals surface area contributed by atoms with Gasteiger partial charge in [0.1, 0.15) is 5.78 Å². The van der Waals surface area contributed by atoms with Crippen molar-refractivity contribution in [2.24, 2.45) is 0 Å². The molecule has 1 N–H and O–H groups in total. The van der Waals surface area contributed by atoms with Crippen LogP contribution < -0.4 is 5.32 Å². The second-order valence-electron chi connectivity index (χ2n) is 4.68. The lowest BCUT2D eigenvalue weighted by atomic mass is 10.1. The second kappa shape index (κ2) is 5.26. The summed E-state index contributed by atoms with van der Waals surface area (Å²) in [7, 11) is 0. The Hall–Kier alpha value is -1.15. The Balaban J connectivity index is 1.69. The summed E-state index contributed by atoms with van der Waals surface area (Å²) in [6, 6.07) is 9.04. The van der Waals surface area contributed by atoms with Crippen molar-refractivity contribution in [3.8, 4) is 0 Å². The highest BCUT2D eigenvalue weighted by molar-refractivity contribution is 5.80. The summed E-state index contributed by atoms with van der Waals surface area (Å²) in [4.78, 5) is 11.6. The maximum atomic E-state index is 11.6. The van der Waals surface area contributed by atoms with Gasteiger partial charge in [-0.25, -0.2) is 0 Å². The molecule has 0 saturated heterocycles. The van der Waals surface area contributed by atoms with Gasteiger partial charge in [0.15, 0.2) is 0 Å². The van der Waals surface area contributed by atoms with Gasteiger partial charge in [0.2, 0.25) is 0 Å². The first kappa shape index (κ1) is 11.3. The van der Waals surface area contributed by atoms with Crippen molar-refractivity contribution in [1.82, 2.24) is 5.32 Å². The van der Waals surface area contributed by atoms with Crippen LogP contribution >= 0.6 is 0 Å². The van der Waals surface area contributed by atoms with Crippen LogP contribution in [0.2, 0.25) is 0 Å². The van der Waals surface area contributed by atoms with Crippen LogP contribution in [0.4, 0.5) is 0 Å². The number of aryl methyl sites for hydroxylation is 2. The molecule has 0 aromatic heterocycles. The summed E-state index contributed by atoms with van der Waals surface area (Å²) >= 11 is 0. The topological polar surface area (TPSA) is 29.1 Å². The van der Waals surface area contributed by atoms with E-state index in [0.29, 0.717) is 24.8 Å². The third kappa shape index (κ3) is 3.78. The zero-order valence-electron chi connectivity index (χ0n) is 9.83. The molecular formula is C14H19NO. The molecule has 1 aromatic carbocycles. The Bertz CT molecular complexity index is 352. The van der Waals surface area contributed by atoms with Gasteiger partial charge in [-0.05, 0) is 31.7 Å². The number of ketones is 1. The first-order chi connectivity index (χ1) is 7.74. The van der Waals surface area contributed by atoms with Gasteiger partial charge < -0.3 is 5.32 Å². The number of hydrogen-bond donors (Lipinski definition) is 1. The van der Waals surface area contributed by atoms with Crippen LogP contribution in [-0.2, 0) is 11.2 Å². The summed E-state index contributed by atoms with van der Waals surface area (Å²) in [5, 5.41) is 3.25. The fraction of sp³-hybridized carbons (Fsp3) is 0.500. The molecule has 0 heterocycles. The zero-order valence-corrected chi connectivity index (χ0v) is 9.83. The standard InChI is InChI=1S/C14H19NO/c1-11-2-4-12(5-3-11)6-9-14(16)10-15-13-7-8-13/h2-5,13,15H,6-10H2,1H3. The molecule has 2 heteroatoms. The molecule has 0 amide bonds. The van der Waals surface area contributed by atoms with E-state index in [1.54, 1.807) is 0 Å². The molecule has 1 aliphatic carbocycles. The number of Topliss-reactive ketones (excluding diaryl/α,β-unsaturated/α-hetero) is 1. The monoisotopic (exact) mass is 217 g/mol. The van der Waals surface area contributed by atoms with Crippen LogP contribution in [-0.4, -0.2) is 18.4 Å². The van der Waals surface area contributed by atoms with Crippen molar-refractivity contribution in [2.45, 2.75) is 38.6 Å². The number of hydrogen-bond acceptors (Lipinski definition) is 2. The third-order valence-corrected chi connectivity index (χ3v) is 2.98. The van der Waals surface area contributed by atoms with E-state index < -0.39 is 0 Å².